The Morgan fingerprint density at radius 1 is 1.52 bits per heavy atom. The molecule has 1 heterocycles. The van der Waals surface area contributed by atoms with Crippen molar-refractivity contribution < 1.29 is 9.18 Å². The normalized spacial score (nSPS) is 22.8. The molecule has 118 valence electrons. The zero-order chi connectivity index (χ0) is 14.8. The number of amides is 1. The molecule has 2 rings (SSSR count). The maximum absolute atomic E-state index is 13.2. The van der Waals surface area contributed by atoms with Crippen LogP contribution in [0.1, 0.15) is 25.8 Å². The van der Waals surface area contributed by atoms with Gasteiger partial charge in [0.15, 0.2) is 0 Å². The van der Waals surface area contributed by atoms with Crippen molar-refractivity contribution in [3.8, 4) is 0 Å². The van der Waals surface area contributed by atoms with Gasteiger partial charge < -0.3 is 10.6 Å². The van der Waals surface area contributed by atoms with E-state index in [1.165, 1.54) is 12.1 Å². The van der Waals surface area contributed by atoms with Gasteiger partial charge in [-0.2, -0.15) is 0 Å². The highest BCUT2D eigenvalue weighted by Gasteiger charge is 2.36. The summed E-state index contributed by atoms with van der Waals surface area (Å²) < 4.78 is 13.2. The van der Waals surface area contributed by atoms with Crippen molar-refractivity contribution in [2.45, 2.75) is 26.7 Å². The van der Waals surface area contributed by atoms with Crippen LogP contribution in [0.15, 0.2) is 24.3 Å². The summed E-state index contributed by atoms with van der Waals surface area (Å²) in [4.78, 5) is 14.3. The van der Waals surface area contributed by atoms with Crippen molar-refractivity contribution in [1.29, 1.82) is 0 Å². The molecule has 0 radical (unpaired) electrons. The number of halogens is 2. The van der Waals surface area contributed by atoms with E-state index in [9.17, 15) is 9.18 Å². The molecule has 0 saturated carbocycles. The van der Waals surface area contributed by atoms with E-state index < -0.39 is 0 Å². The van der Waals surface area contributed by atoms with Crippen molar-refractivity contribution >= 4 is 18.3 Å². The lowest BCUT2D eigenvalue weighted by Crippen LogP contribution is -2.37. The molecule has 2 unspecified atom stereocenters. The summed E-state index contributed by atoms with van der Waals surface area (Å²) in [5.41, 5.74) is 6.68. The van der Waals surface area contributed by atoms with Gasteiger partial charge in [-0.15, -0.1) is 12.4 Å². The summed E-state index contributed by atoms with van der Waals surface area (Å²) in [5, 5.41) is 0. The maximum Gasteiger partial charge on any atom is 0.225 e. The molecule has 1 aliphatic rings. The third kappa shape index (κ3) is 4.42. The number of likely N-dealkylation sites (tertiary alicyclic amines) is 1. The Kier molecular flexibility index (Phi) is 6.17. The third-order valence-corrected chi connectivity index (χ3v) is 4.21. The predicted octanol–water partition coefficient (Wildman–Crippen LogP) is 2.62. The van der Waals surface area contributed by atoms with Crippen LogP contribution in [0.3, 0.4) is 0 Å². The highest BCUT2D eigenvalue weighted by atomic mass is 35.5. The Morgan fingerprint density at radius 2 is 2.24 bits per heavy atom. The van der Waals surface area contributed by atoms with Gasteiger partial charge in [-0.05, 0) is 42.5 Å². The first-order valence-corrected chi connectivity index (χ1v) is 7.17. The van der Waals surface area contributed by atoms with Crippen LogP contribution in [0.25, 0.3) is 0 Å². The lowest BCUT2D eigenvalue weighted by Gasteiger charge is -2.24. The van der Waals surface area contributed by atoms with E-state index >= 15 is 0 Å². The molecule has 5 heteroatoms. The molecule has 1 aromatic carbocycles. The van der Waals surface area contributed by atoms with E-state index in [0.29, 0.717) is 13.0 Å². The zero-order valence-corrected chi connectivity index (χ0v) is 13.5. The fraction of sp³-hybridized carbons (Fsp3) is 0.562. The van der Waals surface area contributed by atoms with Gasteiger partial charge in [0, 0.05) is 19.0 Å². The highest BCUT2D eigenvalue weighted by molar-refractivity contribution is 5.85. The average Bonchev–Trinajstić information content (AvgIpc) is 2.81. The smallest absolute Gasteiger partial charge is 0.225 e. The minimum atomic E-state index is -0.251. The zero-order valence-electron chi connectivity index (χ0n) is 12.6. The van der Waals surface area contributed by atoms with Crippen LogP contribution in [0.4, 0.5) is 4.39 Å². The summed E-state index contributed by atoms with van der Waals surface area (Å²) >= 11 is 0. The Morgan fingerprint density at radius 3 is 2.81 bits per heavy atom. The van der Waals surface area contributed by atoms with E-state index in [-0.39, 0.29) is 35.5 Å². The topological polar surface area (TPSA) is 46.3 Å². The van der Waals surface area contributed by atoms with Crippen LogP contribution < -0.4 is 5.73 Å². The van der Waals surface area contributed by atoms with E-state index in [1.807, 2.05) is 17.9 Å². The minimum Gasteiger partial charge on any atom is -0.342 e. The van der Waals surface area contributed by atoms with Crippen molar-refractivity contribution in [3.63, 3.8) is 0 Å². The molecular weight excluding hydrogens is 291 g/mol. The molecule has 0 bridgehead atoms. The molecule has 21 heavy (non-hydrogen) atoms. The second-order valence-electron chi connectivity index (χ2n) is 6.26. The predicted molar refractivity (Wildman–Crippen MR) is 84.9 cm³/mol. The maximum atomic E-state index is 13.2. The van der Waals surface area contributed by atoms with Gasteiger partial charge in [-0.1, -0.05) is 26.0 Å². The molecule has 1 aliphatic heterocycles. The quantitative estimate of drug-likeness (QED) is 0.928. The lowest BCUT2D eigenvalue weighted by atomic mass is 9.90. The summed E-state index contributed by atoms with van der Waals surface area (Å²) in [5.74, 6) is -0.234. The van der Waals surface area contributed by atoms with Crippen LogP contribution >= 0.6 is 12.4 Å². The Hall–Kier alpha value is -1.13. The molecule has 2 atom stereocenters. The van der Waals surface area contributed by atoms with Crippen molar-refractivity contribution in [2.75, 3.05) is 19.6 Å². The minimum absolute atomic E-state index is 0. The number of benzene rings is 1. The first kappa shape index (κ1) is 17.9. The Bertz CT molecular complexity index is 497. The monoisotopic (exact) mass is 314 g/mol. The average molecular weight is 315 g/mol. The second kappa shape index (κ2) is 7.23. The van der Waals surface area contributed by atoms with Gasteiger partial charge in [-0.3, -0.25) is 4.79 Å². The van der Waals surface area contributed by atoms with Gasteiger partial charge in [-0.25, -0.2) is 4.39 Å². The van der Waals surface area contributed by atoms with Crippen molar-refractivity contribution in [2.24, 2.45) is 17.1 Å². The number of nitrogens with zero attached hydrogens (tertiary/aromatic N) is 1. The van der Waals surface area contributed by atoms with Crippen LogP contribution in [-0.4, -0.2) is 30.4 Å². The van der Waals surface area contributed by atoms with Crippen molar-refractivity contribution in [3.05, 3.63) is 35.6 Å². The largest absolute Gasteiger partial charge is 0.342 e. The first-order chi connectivity index (χ1) is 9.43. The van der Waals surface area contributed by atoms with Crippen LogP contribution in [0.2, 0.25) is 0 Å². The molecule has 0 aromatic heterocycles. The molecular formula is C16H24ClFN2O. The molecule has 2 N–H and O–H groups in total. The first-order valence-electron chi connectivity index (χ1n) is 7.17. The third-order valence-electron chi connectivity index (χ3n) is 4.21. The molecule has 1 aromatic rings. The van der Waals surface area contributed by atoms with Crippen molar-refractivity contribution in [1.82, 2.24) is 4.90 Å². The summed E-state index contributed by atoms with van der Waals surface area (Å²) in [6.45, 7) is 6.15. The summed E-state index contributed by atoms with van der Waals surface area (Å²) in [7, 11) is 0. The number of hydrogen-bond acceptors (Lipinski definition) is 2. The molecule has 1 saturated heterocycles. The summed E-state index contributed by atoms with van der Waals surface area (Å²) in [6, 6.07) is 6.46. The molecule has 3 nitrogen and oxygen atoms in total. The number of rotatable bonds is 4. The van der Waals surface area contributed by atoms with Crippen LogP contribution in [0.5, 0.6) is 0 Å². The molecule has 0 aliphatic carbocycles. The number of hydrogen-bond donors (Lipinski definition) is 1. The van der Waals surface area contributed by atoms with Gasteiger partial charge in [0.05, 0.1) is 0 Å². The van der Waals surface area contributed by atoms with Crippen LogP contribution in [0, 0.1) is 17.2 Å². The number of nitrogens with two attached hydrogens (primary N) is 1. The lowest BCUT2D eigenvalue weighted by molar-refractivity contribution is -0.134. The van der Waals surface area contributed by atoms with Gasteiger partial charge >= 0.3 is 0 Å². The molecule has 1 fully saturated rings. The Balaban J connectivity index is 0.00000220. The number of carbonyl (C=O) groups is 1. The van der Waals surface area contributed by atoms with Gasteiger partial charge in [0.25, 0.3) is 0 Å². The molecule has 1 amide bonds. The summed E-state index contributed by atoms with van der Waals surface area (Å²) in [6.07, 6.45) is 1.54. The van der Waals surface area contributed by atoms with E-state index in [0.717, 1.165) is 25.1 Å². The highest BCUT2D eigenvalue weighted by Crippen LogP contribution is 2.29. The van der Waals surface area contributed by atoms with Crippen LogP contribution in [-0.2, 0) is 11.2 Å². The molecule has 0 spiro atoms. The SMILES string of the molecule is CC(Cc1cccc(F)c1)C(=O)N1CCC(C)(CN)C1.Cl. The second-order valence-corrected chi connectivity index (χ2v) is 6.26. The van der Waals surface area contributed by atoms with E-state index in [2.05, 4.69) is 6.92 Å². The van der Waals surface area contributed by atoms with E-state index in [1.54, 1.807) is 6.07 Å². The fourth-order valence-corrected chi connectivity index (χ4v) is 2.79. The Labute approximate surface area is 132 Å². The van der Waals surface area contributed by atoms with Gasteiger partial charge in [0.2, 0.25) is 5.91 Å². The van der Waals surface area contributed by atoms with Gasteiger partial charge in [0.1, 0.15) is 5.82 Å². The van der Waals surface area contributed by atoms with E-state index in [4.69, 9.17) is 5.73 Å². The standard InChI is InChI=1S/C16H23FN2O.ClH/c1-12(8-13-4-3-5-14(17)9-13)15(20)19-7-6-16(2,10-18)11-19;/h3-5,9,12H,6-8,10-11,18H2,1-2H3;1H. The fourth-order valence-electron chi connectivity index (χ4n) is 2.79. The number of carbonyl (C=O) groups excluding carboxylic acids is 1.